The summed E-state index contributed by atoms with van der Waals surface area (Å²) in [6.07, 6.45) is 5.43. The predicted molar refractivity (Wildman–Crippen MR) is 48.7 cm³/mol. The molecule has 0 spiro atoms. The first-order valence-corrected chi connectivity index (χ1v) is 4.65. The van der Waals surface area contributed by atoms with E-state index < -0.39 is 5.97 Å². The van der Waals surface area contributed by atoms with Crippen LogP contribution in [0.3, 0.4) is 0 Å². The maximum atomic E-state index is 10.6. The molecule has 1 aromatic rings. The van der Waals surface area contributed by atoms with Crippen molar-refractivity contribution in [2.24, 2.45) is 0 Å². The van der Waals surface area contributed by atoms with E-state index in [1.54, 1.807) is 0 Å². The minimum atomic E-state index is -0.702. The molecule has 1 aliphatic heterocycles. The highest BCUT2D eigenvalue weighted by atomic mass is 16.4. The van der Waals surface area contributed by atoms with Crippen LogP contribution >= 0.6 is 0 Å². The molecular formula is C10H13NO2. The Morgan fingerprint density at radius 2 is 2.54 bits per heavy atom. The molecule has 0 aliphatic carbocycles. The van der Waals surface area contributed by atoms with E-state index >= 15 is 0 Å². The molecular weight excluding hydrogens is 166 g/mol. The van der Waals surface area contributed by atoms with Crippen molar-refractivity contribution < 1.29 is 9.90 Å². The lowest BCUT2D eigenvalue weighted by Gasteiger charge is -2.24. The Hall–Kier alpha value is -1.25. The van der Waals surface area contributed by atoms with E-state index in [2.05, 4.69) is 10.6 Å². The molecule has 70 valence electrons. The number of nitrogens with zero attached hydrogens (tertiary/aromatic N) is 1. The van der Waals surface area contributed by atoms with Crippen LogP contribution in [0.4, 0.5) is 0 Å². The Bertz CT molecular complexity index is 316. The third kappa shape index (κ3) is 1.59. The minimum absolute atomic E-state index is 0.177. The van der Waals surface area contributed by atoms with Crippen molar-refractivity contribution in [1.29, 1.82) is 0 Å². The highest BCUT2D eigenvalue weighted by Gasteiger charge is 2.20. The molecule has 2 heterocycles. The van der Waals surface area contributed by atoms with Crippen LogP contribution in [0.1, 0.15) is 31.0 Å². The smallest absolute Gasteiger partial charge is 0.305 e. The lowest BCUT2D eigenvalue weighted by Crippen LogP contribution is -2.19. The van der Waals surface area contributed by atoms with Crippen LogP contribution in [0.25, 0.3) is 0 Å². The van der Waals surface area contributed by atoms with E-state index in [-0.39, 0.29) is 12.5 Å². The second-order valence-corrected chi connectivity index (χ2v) is 3.55. The number of carbonyl (C=O) groups is 1. The first-order valence-electron chi connectivity index (χ1n) is 4.65. The Morgan fingerprint density at radius 1 is 1.69 bits per heavy atom. The largest absolute Gasteiger partial charge is 0.481 e. The normalized spacial score (nSPS) is 21.1. The molecule has 0 bridgehead atoms. The van der Waals surface area contributed by atoms with Crippen LogP contribution < -0.4 is 0 Å². The van der Waals surface area contributed by atoms with Gasteiger partial charge >= 0.3 is 5.97 Å². The molecule has 0 saturated heterocycles. The van der Waals surface area contributed by atoms with Gasteiger partial charge in [-0.1, -0.05) is 0 Å². The summed E-state index contributed by atoms with van der Waals surface area (Å²) in [6.45, 7) is 0. The van der Waals surface area contributed by atoms with Crippen molar-refractivity contribution in [3.05, 3.63) is 24.0 Å². The predicted octanol–water partition coefficient (Wildman–Crippen LogP) is 1.84. The molecule has 0 unspecified atom stereocenters. The summed E-state index contributed by atoms with van der Waals surface area (Å²) >= 11 is 0. The molecule has 1 N–H and O–H groups in total. The number of carboxylic acids is 1. The number of fused-ring (bicyclic) bond motifs is 1. The summed E-state index contributed by atoms with van der Waals surface area (Å²) in [5, 5.41) is 8.72. The van der Waals surface area contributed by atoms with E-state index in [0.717, 1.165) is 19.3 Å². The van der Waals surface area contributed by atoms with Crippen molar-refractivity contribution in [1.82, 2.24) is 4.57 Å². The first-order chi connectivity index (χ1) is 6.27. The summed E-state index contributed by atoms with van der Waals surface area (Å²) in [5.41, 5.74) is 1.28. The third-order valence-corrected chi connectivity index (χ3v) is 2.64. The number of carboxylic acid groups (broad SMARTS) is 1. The maximum Gasteiger partial charge on any atom is 0.305 e. The maximum absolute atomic E-state index is 10.6. The number of rotatable bonds is 2. The topological polar surface area (TPSA) is 42.2 Å². The Kier molecular flexibility index (Phi) is 2.08. The average Bonchev–Trinajstić information content (AvgIpc) is 2.51. The zero-order chi connectivity index (χ0) is 9.26. The van der Waals surface area contributed by atoms with Crippen LogP contribution in [-0.2, 0) is 11.2 Å². The fourth-order valence-corrected chi connectivity index (χ4v) is 2.06. The van der Waals surface area contributed by atoms with E-state index in [1.807, 2.05) is 12.3 Å². The molecule has 1 aliphatic rings. The molecule has 0 aromatic carbocycles. The molecule has 2 rings (SSSR count). The molecule has 0 radical (unpaired) electrons. The SMILES string of the molecule is O=C(O)C[C@H]1CCCc2cccn21. The second-order valence-electron chi connectivity index (χ2n) is 3.55. The van der Waals surface area contributed by atoms with Gasteiger partial charge in [-0.15, -0.1) is 0 Å². The molecule has 1 aromatic heterocycles. The third-order valence-electron chi connectivity index (χ3n) is 2.64. The van der Waals surface area contributed by atoms with Gasteiger partial charge in [0.1, 0.15) is 0 Å². The first kappa shape index (κ1) is 8.35. The van der Waals surface area contributed by atoms with E-state index in [9.17, 15) is 4.79 Å². The van der Waals surface area contributed by atoms with Gasteiger partial charge in [-0.05, 0) is 31.4 Å². The summed E-state index contributed by atoms with van der Waals surface area (Å²) in [7, 11) is 0. The molecule has 1 atom stereocenters. The second kappa shape index (κ2) is 3.24. The number of hydrogen-bond donors (Lipinski definition) is 1. The molecule has 0 saturated carbocycles. The number of hydrogen-bond acceptors (Lipinski definition) is 1. The molecule has 0 amide bonds. The molecule has 0 fully saturated rings. The Labute approximate surface area is 77.0 Å². The number of aryl methyl sites for hydroxylation is 1. The zero-order valence-electron chi connectivity index (χ0n) is 7.44. The van der Waals surface area contributed by atoms with Gasteiger partial charge in [0, 0.05) is 17.9 Å². The highest BCUT2D eigenvalue weighted by Crippen LogP contribution is 2.27. The van der Waals surface area contributed by atoms with Gasteiger partial charge in [0.15, 0.2) is 0 Å². The van der Waals surface area contributed by atoms with Gasteiger partial charge in [0.05, 0.1) is 6.42 Å². The quantitative estimate of drug-likeness (QED) is 0.752. The van der Waals surface area contributed by atoms with E-state index in [4.69, 9.17) is 5.11 Å². The van der Waals surface area contributed by atoms with Gasteiger partial charge in [0.2, 0.25) is 0 Å². The fourth-order valence-electron chi connectivity index (χ4n) is 2.06. The summed E-state index contributed by atoms with van der Waals surface area (Å²) in [4.78, 5) is 10.6. The summed E-state index contributed by atoms with van der Waals surface area (Å²) in [6, 6.07) is 4.25. The minimum Gasteiger partial charge on any atom is -0.481 e. The van der Waals surface area contributed by atoms with Crippen molar-refractivity contribution >= 4 is 5.97 Å². The van der Waals surface area contributed by atoms with Gasteiger partial charge in [-0.2, -0.15) is 0 Å². The van der Waals surface area contributed by atoms with Gasteiger partial charge in [-0.3, -0.25) is 4.79 Å². The van der Waals surface area contributed by atoms with E-state index in [0.29, 0.717) is 0 Å². The van der Waals surface area contributed by atoms with Crippen molar-refractivity contribution in [2.45, 2.75) is 31.7 Å². The van der Waals surface area contributed by atoms with Gasteiger partial charge in [-0.25, -0.2) is 0 Å². The Morgan fingerprint density at radius 3 is 3.31 bits per heavy atom. The fraction of sp³-hybridized carbons (Fsp3) is 0.500. The van der Waals surface area contributed by atoms with Gasteiger partial charge in [0.25, 0.3) is 0 Å². The monoisotopic (exact) mass is 179 g/mol. The van der Waals surface area contributed by atoms with Crippen LogP contribution in [0.5, 0.6) is 0 Å². The molecule has 3 heteroatoms. The number of aliphatic carboxylic acids is 1. The summed E-state index contributed by atoms with van der Waals surface area (Å²) < 4.78 is 2.11. The van der Waals surface area contributed by atoms with Crippen molar-refractivity contribution in [3.8, 4) is 0 Å². The highest BCUT2D eigenvalue weighted by molar-refractivity contribution is 5.67. The standard InChI is InChI=1S/C10H13NO2/c12-10(13)7-9-4-1-3-8-5-2-6-11(8)9/h2,5-6,9H,1,3-4,7H2,(H,12,13)/t9-/m1/s1. The lowest BCUT2D eigenvalue weighted by atomic mass is 10.0. The van der Waals surface area contributed by atoms with E-state index in [1.165, 1.54) is 5.69 Å². The van der Waals surface area contributed by atoms with Crippen LogP contribution in [-0.4, -0.2) is 15.6 Å². The zero-order valence-corrected chi connectivity index (χ0v) is 7.44. The van der Waals surface area contributed by atoms with Crippen LogP contribution in [0.15, 0.2) is 18.3 Å². The van der Waals surface area contributed by atoms with Crippen molar-refractivity contribution in [2.75, 3.05) is 0 Å². The molecule has 3 nitrogen and oxygen atoms in total. The Balaban J connectivity index is 2.20. The molecule has 13 heavy (non-hydrogen) atoms. The van der Waals surface area contributed by atoms with Crippen LogP contribution in [0.2, 0.25) is 0 Å². The van der Waals surface area contributed by atoms with Crippen LogP contribution in [0, 0.1) is 0 Å². The van der Waals surface area contributed by atoms with Crippen molar-refractivity contribution in [3.63, 3.8) is 0 Å². The average molecular weight is 179 g/mol. The number of aromatic nitrogens is 1. The lowest BCUT2D eigenvalue weighted by molar-refractivity contribution is -0.138. The van der Waals surface area contributed by atoms with Gasteiger partial charge < -0.3 is 9.67 Å². The summed E-state index contributed by atoms with van der Waals surface area (Å²) in [5.74, 6) is -0.702.